The molecule has 0 saturated carbocycles. The van der Waals surface area contributed by atoms with Crippen molar-refractivity contribution in [3.63, 3.8) is 0 Å². The van der Waals surface area contributed by atoms with Gasteiger partial charge in [0.1, 0.15) is 0 Å². The minimum atomic E-state index is 0.125. The van der Waals surface area contributed by atoms with Crippen LogP contribution in [-0.2, 0) is 4.74 Å². The molecular formula is C14H28N2O. The Balaban J connectivity index is 4.43. The van der Waals surface area contributed by atoms with Gasteiger partial charge < -0.3 is 10.1 Å². The molecule has 3 heteroatoms. The lowest BCUT2D eigenvalue weighted by atomic mass is 10.1. The second-order valence-electron chi connectivity index (χ2n) is 5.27. The van der Waals surface area contributed by atoms with Gasteiger partial charge in [0.2, 0.25) is 0 Å². The Kier molecular flexibility index (Phi) is 8.13. The normalized spacial score (nSPS) is 13.7. The van der Waals surface area contributed by atoms with E-state index >= 15 is 0 Å². The lowest BCUT2D eigenvalue weighted by molar-refractivity contribution is 0.0994. The van der Waals surface area contributed by atoms with Crippen molar-refractivity contribution in [3.05, 3.63) is 25.3 Å². The van der Waals surface area contributed by atoms with Gasteiger partial charge in [-0.3, -0.25) is 4.90 Å². The molecule has 0 rings (SSSR count). The number of methoxy groups -OCH3 is 1. The van der Waals surface area contributed by atoms with Gasteiger partial charge in [-0.25, -0.2) is 0 Å². The third-order valence-electron chi connectivity index (χ3n) is 2.47. The van der Waals surface area contributed by atoms with Crippen molar-refractivity contribution < 1.29 is 4.74 Å². The molecule has 0 aromatic carbocycles. The van der Waals surface area contributed by atoms with Crippen molar-refractivity contribution in [1.82, 2.24) is 10.2 Å². The summed E-state index contributed by atoms with van der Waals surface area (Å²) < 4.78 is 5.29. The SMILES string of the molecule is C=CCN(CC=C)C(CNC(C)(C)C)COC. The van der Waals surface area contributed by atoms with Crippen molar-refractivity contribution in [2.24, 2.45) is 0 Å². The van der Waals surface area contributed by atoms with E-state index in [0.717, 1.165) is 19.6 Å². The molecule has 3 nitrogen and oxygen atoms in total. The topological polar surface area (TPSA) is 24.5 Å². The van der Waals surface area contributed by atoms with Crippen LogP contribution >= 0.6 is 0 Å². The zero-order chi connectivity index (χ0) is 13.3. The summed E-state index contributed by atoms with van der Waals surface area (Å²) in [5.74, 6) is 0. The van der Waals surface area contributed by atoms with Gasteiger partial charge in [0.15, 0.2) is 0 Å². The summed E-state index contributed by atoms with van der Waals surface area (Å²) in [5, 5.41) is 3.51. The Bertz CT molecular complexity index is 211. The Labute approximate surface area is 107 Å². The van der Waals surface area contributed by atoms with Crippen LogP contribution in [0.2, 0.25) is 0 Å². The predicted molar refractivity (Wildman–Crippen MR) is 75.4 cm³/mol. The quantitative estimate of drug-likeness (QED) is 0.624. The second kappa shape index (κ2) is 8.45. The lowest BCUT2D eigenvalue weighted by Crippen LogP contribution is -2.49. The van der Waals surface area contributed by atoms with Crippen molar-refractivity contribution in [1.29, 1.82) is 0 Å². The van der Waals surface area contributed by atoms with E-state index in [9.17, 15) is 0 Å². The van der Waals surface area contributed by atoms with E-state index in [4.69, 9.17) is 4.74 Å². The van der Waals surface area contributed by atoms with Gasteiger partial charge in [-0.2, -0.15) is 0 Å². The van der Waals surface area contributed by atoms with Gasteiger partial charge in [-0.15, -0.1) is 13.2 Å². The molecule has 0 aromatic heterocycles. The van der Waals surface area contributed by atoms with Crippen LogP contribution < -0.4 is 5.32 Å². The molecular weight excluding hydrogens is 212 g/mol. The van der Waals surface area contributed by atoms with Crippen LogP contribution in [0.4, 0.5) is 0 Å². The maximum absolute atomic E-state index is 5.29. The van der Waals surface area contributed by atoms with Crippen LogP contribution in [0.15, 0.2) is 25.3 Å². The maximum atomic E-state index is 5.29. The number of nitrogens with one attached hydrogen (secondary N) is 1. The molecule has 0 aliphatic carbocycles. The highest BCUT2D eigenvalue weighted by molar-refractivity contribution is 4.87. The van der Waals surface area contributed by atoms with E-state index in [1.54, 1.807) is 7.11 Å². The van der Waals surface area contributed by atoms with Gasteiger partial charge >= 0.3 is 0 Å². The lowest BCUT2D eigenvalue weighted by Gasteiger charge is -2.32. The smallest absolute Gasteiger partial charge is 0.0630 e. The van der Waals surface area contributed by atoms with E-state index in [-0.39, 0.29) is 5.54 Å². The number of hydrogen-bond acceptors (Lipinski definition) is 3. The Morgan fingerprint density at radius 2 is 1.76 bits per heavy atom. The molecule has 0 heterocycles. The summed E-state index contributed by atoms with van der Waals surface area (Å²) in [5.41, 5.74) is 0.125. The molecule has 1 atom stereocenters. The number of nitrogens with zero attached hydrogens (tertiary/aromatic N) is 1. The summed E-state index contributed by atoms with van der Waals surface area (Å²) in [6, 6.07) is 0.343. The van der Waals surface area contributed by atoms with Crippen LogP contribution in [0.5, 0.6) is 0 Å². The summed E-state index contributed by atoms with van der Waals surface area (Å²) in [6.45, 7) is 17.4. The Morgan fingerprint density at radius 1 is 1.24 bits per heavy atom. The average Bonchev–Trinajstić information content (AvgIpc) is 2.23. The Morgan fingerprint density at radius 3 is 2.12 bits per heavy atom. The van der Waals surface area contributed by atoms with Crippen LogP contribution in [0.3, 0.4) is 0 Å². The number of ether oxygens (including phenoxy) is 1. The molecule has 1 unspecified atom stereocenters. The molecule has 0 amide bonds. The molecule has 0 aromatic rings. The molecule has 0 aliphatic heterocycles. The molecule has 1 N–H and O–H groups in total. The van der Waals surface area contributed by atoms with Gasteiger partial charge in [0.25, 0.3) is 0 Å². The van der Waals surface area contributed by atoms with Crippen molar-refractivity contribution in [3.8, 4) is 0 Å². The van der Waals surface area contributed by atoms with Crippen LogP contribution in [0.25, 0.3) is 0 Å². The molecule has 0 spiro atoms. The monoisotopic (exact) mass is 240 g/mol. The molecule has 0 fully saturated rings. The standard InChI is InChI=1S/C14H28N2O/c1-7-9-16(10-8-2)13(12-17-6)11-15-14(3,4)5/h7-8,13,15H,1-2,9-12H2,3-6H3. The van der Waals surface area contributed by atoms with Gasteiger partial charge in [-0.05, 0) is 20.8 Å². The summed E-state index contributed by atoms with van der Waals surface area (Å²) in [6.07, 6.45) is 3.84. The average molecular weight is 240 g/mol. The third-order valence-corrected chi connectivity index (χ3v) is 2.47. The first-order valence-electron chi connectivity index (χ1n) is 6.14. The highest BCUT2D eigenvalue weighted by atomic mass is 16.5. The van der Waals surface area contributed by atoms with E-state index in [2.05, 4.69) is 44.1 Å². The zero-order valence-electron chi connectivity index (χ0n) is 11.8. The minimum Gasteiger partial charge on any atom is -0.383 e. The fourth-order valence-electron chi connectivity index (χ4n) is 1.61. The molecule has 0 saturated heterocycles. The summed E-state index contributed by atoms with van der Waals surface area (Å²) in [7, 11) is 1.74. The summed E-state index contributed by atoms with van der Waals surface area (Å²) in [4.78, 5) is 2.31. The van der Waals surface area contributed by atoms with Gasteiger partial charge in [-0.1, -0.05) is 12.2 Å². The Hall–Kier alpha value is -0.640. The molecule has 0 aliphatic rings. The van der Waals surface area contributed by atoms with Crippen molar-refractivity contribution in [2.75, 3.05) is 33.4 Å². The molecule has 17 heavy (non-hydrogen) atoms. The maximum Gasteiger partial charge on any atom is 0.0630 e. The van der Waals surface area contributed by atoms with Crippen molar-refractivity contribution in [2.45, 2.75) is 32.4 Å². The fourth-order valence-corrected chi connectivity index (χ4v) is 1.61. The van der Waals surface area contributed by atoms with Gasteiger partial charge in [0, 0.05) is 38.3 Å². The van der Waals surface area contributed by atoms with E-state index in [0.29, 0.717) is 12.6 Å². The third kappa shape index (κ3) is 8.13. The first-order chi connectivity index (χ1) is 7.94. The first-order valence-corrected chi connectivity index (χ1v) is 6.14. The molecule has 0 bridgehead atoms. The highest BCUT2D eigenvalue weighted by Crippen LogP contribution is 2.04. The van der Waals surface area contributed by atoms with Crippen LogP contribution in [0.1, 0.15) is 20.8 Å². The molecule has 100 valence electrons. The summed E-state index contributed by atoms with van der Waals surface area (Å²) >= 11 is 0. The second-order valence-corrected chi connectivity index (χ2v) is 5.27. The first kappa shape index (κ1) is 16.4. The highest BCUT2D eigenvalue weighted by Gasteiger charge is 2.19. The largest absolute Gasteiger partial charge is 0.383 e. The van der Waals surface area contributed by atoms with Crippen LogP contribution in [-0.4, -0.2) is 49.8 Å². The minimum absolute atomic E-state index is 0.125. The van der Waals surface area contributed by atoms with E-state index in [1.165, 1.54) is 0 Å². The number of hydrogen-bond donors (Lipinski definition) is 1. The zero-order valence-corrected chi connectivity index (χ0v) is 11.8. The van der Waals surface area contributed by atoms with E-state index < -0.39 is 0 Å². The van der Waals surface area contributed by atoms with Crippen LogP contribution in [0, 0.1) is 0 Å². The number of rotatable bonds is 9. The fraction of sp³-hybridized carbons (Fsp3) is 0.714. The predicted octanol–water partition coefficient (Wildman–Crippen LogP) is 2.06. The van der Waals surface area contributed by atoms with Gasteiger partial charge in [0.05, 0.1) is 6.61 Å². The van der Waals surface area contributed by atoms with E-state index in [1.807, 2.05) is 12.2 Å². The molecule has 0 radical (unpaired) electrons. The van der Waals surface area contributed by atoms with Crippen molar-refractivity contribution >= 4 is 0 Å².